The van der Waals surface area contributed by atoms with Gasteiger partial charge in [-0.2, -0.15) is 0 Å². The van der Waals surface area contributed by atoms with E-state index in [9.17, 15) is 24.3 Å². The van der Waals surface area contributed by atoms with E-state index in [2.05, 4.69) is 9.64 Å². The number of amides is 1. The molecule has 0 spiro atoms. The summed E-state index contributed by atoms with van der Waals surface area (Å²) in [6, 6.07) is 13.2. The average molecular weight is 550 g/mol. The van der Waals surface area contributed by atoms with E-state index < -0.39 is 29.0 Å². The van der Waals surface area contributed by atoms with Crippen LogP contribution < -0.4 is 21.5 Å². The minimum atomic E-state index is -0.869. The summed E-state index contributed by atoms with van der Waals surface area (Å²) in [6.07, 6.45) is 0.750. The first-order valence-corrected chi connectivity index (χ1v) is 13.1. The Balaban J connectivity index is 1.42. The van der Waals surface area contributed by atoms with Crippen LogP contribution >= 0.6 is 0 Å². The predicted octanol–water partition coefficient (Wildman–Crippen LogP) is 1.69. The van der Waals surface area contributed by atoms with E-state index in [0.29, 0.717) is 36.7 Å². The second kappa shape index (κ2) is 11.4. The highest BCUT2D eigenvalue weighted by Crippen LogP contribution is 2.37. The van der Waals surface area contributed by atoms with Gasteiger partial charge < -0.3 is 29.3 Å². The number of esters is 1. The zero-order valence-corrected chi connectivity index (χ0v) is 22.1. The molecule has 0 aliphatic carbocycles. The molecule has 1 amide bonds. The molecule has 0 radical (unpaired) electrons. The fourth-order valence-electron chi connectivity index (χ4n) is 5.80. The second-order valence-corrected chi connectivity index (χ2v) is 10.3. The van der Waals surface area contributed by atoms with Crippen molar-refractivity contribution in [3.63, 3.8) is 0 Å². The molecule has 2 aliphatic heterocycles. The maximum Gasteiger partial charge on any atom is 0.343 e. The zero-order chi connectivity index (χ0) is 28.4. The third-order valence-corrected chi connectivity index (χ3v) is 7.50. The highest BCUT2D eigenvalue weighted by atomic mass is 16.6. The van der Waals surface area contributed by atoms with Crippen LogP contribution in [-0.2, 0) is 27.4 Å². The molecule has 1 fully saturated rings. The summed E-state index contributed by atoms with van der Waals surface area (Å²) in [5, 5.41) is 10.7. The fourth-order valence-corrected chi connectivity index (χ4v) is 5.80. The third-order valence-electron chi connectivity index (χ3n) is 7.50. The number of primary amides is 1. The van der Waals surface area contributed by atoms with E-state index >= 15 is 0 Å². The molecule has 0 unspecified atom stereocenters. The third kappa shape index (κ3) is 5.79. The van der Waals surface area contributed by atoms with Crippen molar-refractivity contribution in [3.8, 4) is 11.5 Å². The van der Waals surface area contributed by atoms with Crippen LogP contribution in [0.3, 0.4) is 0 Å². The molecule has 210 valence electrons. The summed E-state index contributed by atoms with van der Waals surface area (Å²) >= 11 is 0. The Morgan fingerprint density at radius 3 is 2.70 bits per heavy atom. The average Bonchev–Trinajstić information content (AvgIpc) is 2.93. The van der Waals surface area contributed by atoms with Crippen molar-refractivity contribution >= 4 is 11.9 Å². The van der Waals surface area contributed by atoms with Gasteiger partial charge in [0.25, 0.3) is 5.56 Å². The van der Waals surface area contributed by atoms with Crippen molar-refractivity contribution in [2.45, 2.75) is 37.8 Å². The number of benzene rings is 1. The first kappa shape index (κ1) is 27.2. The summed E-state index contributed by atoms with van der Waals surface area (Å²) in [7, 11) is 1.25. The lowest BCUT2D eigenvalue weighted by molar-refractivity contribution is -0.142. The van der Waals surface area contributed by atoms with Gasteiger partial charge >= 0.3 is 5.97 Å². The minimum Gasteiger partial charge on any atom is -0.502 e. The number of aromatic nitrogens is 1. The van der Waals surface area contributed by atoms with Gasteiger partial charge in [-0.25, -0.2) is 4.79 Å². The minimum absolute atomic E-state index is 0.00933. The number of likely N-dealkylation sites (tertiary alicyclic amines) is 1. The first-order valence-electron chi connectivity index (χ1n) is 13.1. The number of methoxy groups -OCH3 is 1. The highest BCUT2D eigenvalue weighted by molar-refractivity contribution is 5.75. The molecule has 3 aromatic rings. The van der Waals surface area contributed by atoms with Crippen molar-refractivity contribution in [1.82, 2.24) is 9.47 Å². The van der Waals surface area contributed by atoms with E-state index in [1.807, 2.05) is 10.6 Å². The van der Waals surface area contributed by atoms with E-state index in [4.69, 9.17) is 14.9 Å². The van der Waals surface area contributed by atoms with Crippen molar-refractivity contribution in [1.29, 1.82) is 0 Å². The van der Waals surface area contributed by atoms with Gasteiger partial charge in [0, 0.05) is 49.8 Å². The first-order chi connectivity index (χ1) is 19.2. The largest absolute Gasteiger partial charge is 0.502 e. The predicted molar refractivity (Wildman–Crippen MR) is 143 cm³/mol. The Kier molecular flexibility index (Phi) is 7.74. The molecule has 3 atom stereocenters. The Hall–Kier alpha value is -4.38. The summed E-state index contributed by atoms with van der Waals surface area (Å²) in [4.78, 5) is 50.9. The van der Waals surface area contributed by atoms with Crippen LogP contribution in [0.15, 0.2) is 62.5 Å². The Labute approximate surface area is 229 Å². The lowest BCUT2D eigenvalue weighted by atomic mass is 9.83. The van der Waals surface area contributed by atoms with Gasteiger partial charge in [0.15, 0.2) is 12.4 Å². The van der Waals surface area contributed by atoms with Gasteiger partial charge in [-0.1, -0.05) is 18.2 Å². The molecule has 1 saturated heterocycles. The molecular weight excluding hydrogens is 518 g/mol. The molecule has 3 N–H and O–H groups in total. The van der Waals surface area contributed by atoms with Crippen molar-refractivity contribution < 1.29 is 28.6 Å². The van der Waals surface area contributed by atoms with Gasteiger partial charge in [-0.3, -0.25) is 19.3 Å². The number of ether oxygens (including phenoxy) is 2. The molecular formula is C29H31N3O8. The van der Waals surface area contributed by atoms with Gasteiger partial charge in [-0.05, 0) is 36.1 Å². The molecule has 4 heterocycles. The Morgan fingerprint density at radius 2 is 1.93 bits per heavy atom. The number of carbonyl (C=O) groups excluding carboxylic acids is 2. The molecule has 0 saturated carbocycles. The molecule has 2 bridgehead atoms. The second-order valence-electron chi connectivity index (χ2n) is 10.3. The lowest BCUT2D eigenvalue weighted by Crippen LogP contribution is -2.46. The topological polar surface area (TPSA) is 154 Å². The Morgan fingerprint density at radius 1 is 1.12 bits per heavy atom. The van der Waals surface area contributed by atoms with Gasteiger partial charge in [0.1, 0.15) is 11.5 Å². The number of carbonyl (C=O) groups is 2. The van der Waals surface area contributed by atoms with Gasteiger partial charge in [0.2, 0.25) is 17.1 Å². The number of nitrogens with two attached hydrogens (primary N) is 1. The van der Waals surface area contributed by atoms with Crippen LogP contribution in [0.5, 0.6) is 11.5 Å². The number of rotatable bonds is 9. The van der Waals surface area contributed by atoms with Gasteiger partial charge in [-0.15, -0.1) is 0 Å². The molecule has 2 aromatic heterocycles. The number of pyridine rings is 1. The monoisotopic (exact) mass is 549 g/mol. The molecule has 2 aliphatic rings. The lowest BCUT2D eigenvalue weighted by Gasteiger charge is -2.42. The van der Waals surface area contributed by atoms with Crippen molar-refractivity contribution in [2.24, 2.45) is 11.7 Å². The summed E-state index contributed by atoms with van der Waals surface area (Å²) in [5.74, 6) is -1.62. The smallest absolute Gasteiger partial charge is 0.343 e. The summed E-state index contributed by atoms with van der Waals surface area (Å²) < 4.78 is 18.0. The maximum absolute atomic E-state index is 12.8. The summed E-state index contributed by atoms with van der Waals surface area (Å²) in [6.45, 7) is 2.05. The van der Waals surface area contributed by atoms with Crippen LogP contribution in [-0.4, -0.2) is 53.3 Å². The number of hydrogen-bond donors (Lipinski definition) is 2. The van der Waals surface area contributed by atoms with Crippen LogP contribution in [0.2, 0.25) is 0 Å². The van der Waals surface area contributed by atoms with Crippen LogP contribution in [0.1, 0.15) is 47.5 Å². The van der Waals surface area contributed by atoms with E-state index in [1.165, 1.54) is 13.2 Å². The zero-order valence-electron chi connectivity index (χ0n) is 22.1. The molecule has 5 rings (SSSR count). The number of aromatic hydroxyl groups is 1. The van der Waals surface area contributed by atoms with Crippen LogP contribution in [0, 0.1) is 5.92 Å². The normalized spacial score (nSPS) is 18.9. The summed E-state index contributed by atoms with van der Waals surface area (Å²) in [5.41, 5.74) is 6.43. The SMILES string of the molecule is COC(=O)COc1cccc([C@H](CC(N)=O)c2oc(CN3C[C@H]4C[C@@H](C3)c3cccc(=O)n3C4)cc(=O)c2O)c1. The Bertz CT molecular complexity index is 1540. The van der Waals surface area contributed by atoms with E-state index in [-0.39, 0.29) is 36.2 Å². The van der Waals surface area contributed by atoms with Gasteiger partial charge in [0.05, 0.1) is 19.6 Å². The van der Waals surface area contributed by atoms with E-state index in [0.717, 1.165) is 18.7 Å². The molecule has 1 aromatic carbocycles. The highest BCUT2D eigenvalue weighted by Gasteiger charge is 2.35. The molecule has 11 nitrogen and oxygen atoms in total. The quantitative estimate of drug-likeness (QED) is 0.380. The standard InChI is InChI=1S/C29H31N3O8/c1-38-27(36)16-39-20-5-2-4-18(9-20)22(11-25(30)34)29-28(37)24(33)10-21(40-29)15-31-12-17-8-19(14-31)23-6-3-7-26(35)32(23)13-17/h2-7,9-10,17,19,22,37H,8,11-16H2,1H3,(H2,30,34)/t17-,19+,22+/m1/s1. The van der Waals surface area contributed by atoms with Crippen LogP contribution in [0.4, 0.5) is 0 Å². The molecule has 11 heteroatoms. The van der Waals surface area contributed by atoms with E-state index in [1.54, 1.807) is 36.4 Å². The van der Waals surface area contributed by atoms with Crippen molar-refractivity contribution in [3.05, 3.63) is 91.9 Å². The van der Waals surface area contributed by atoms with Crippen molar-refractivity contribution in [2.75, 3.05) is 26.8 Å². The molecule has 40 heavy (non-hydrogen) atoms. The number of piperidine rings is 1. The number of hydrogen-bond acceptors (Lipinski definition) is 9. The fraction of sp³-hybridized carbons (Fsp3) is 0.379. The maximum atomic E-state index is 12.8. The number of fused-ring (bicyclic) bond motifs is 4. The van der Waals surface area contributed by atoms with Crippen LogP contribution in [0.25, 0.3) is 0 Å². The number of nitrogens with zero attached hydrogens (tertiary/aromatic N) is 2.